The summed E-state index contributed by atoms with van der Waals surface area (Å²) in [6.45, 7) is 4.39. The molecule has 2 N–H and O–H groups in total. The number of methoxy groups -OCH3 is 1. The van der Waals surface area contributed by atoms with Crippen LogP contribution in [-0.4, -0.2) is 24.5 Å². The number of amides is 1. The summed E-state index contributed by atoms with van der Waals surface area (Å²) in [5.41, 5.74) is 6.24. The topological polar surface area (TPSA) is 54.1 Å². The van der Waals surface area contributed by atoms with Crippen molar-refractivity contribution in [2.75, 3.05) is 13.7 Å². The molecule has 4 aromatic rings. The molecule has 0 aliphatic rings. The van der Waals surface area contributed by atoms with Crippen molar-refractivity contribution in [2.24, 2.45) is 0 Å². The zero-order valence-corrected chi connectivity index (χ0v) is 17.9. The number of carbonyl (C=O) groups excluding carboxylic acids is 1. The number of H-pyrrole nitrogens is 1. The molecule has 0 aliphatic heterocycles. The van der Waals surface area contributed by atoms with E-state index in [1.807, 2.05) is 62.4 Å². The maximum absolute atomic E-state index is 14.1. The number of benzene rings is 3. The molecule has 3 aromatic carbocycles. The van der Waals surface area contributed by atoms with Gasteiger partial charge in [-0.3, -0.25) is 4.79 Å². The molecule has 0 radical (unpaired) electrons. The van der Waals surface area contributed by atoms with E-state index in [9.17, 15) is 9.18 Å². The van der Waals surface area contributed by atoms with Crippen LogP contribution in [0.1, 0.15) is 27.2 Å². The lowest BCUT2D eigenvalue weighted by Gasteiger charge is -2.08. The van der Waals surface area contributed by atoms with E-state index in [0.717, 1.165) is 39.1 Å². The van der Waals surface area contributed by atoms with E-state index in [2.05, 4.69) is 10.3 Å². The summed E-state index contributed by atoms with van der Waals surface area (Å²) >= 11 is 0. The van der Waals surface area contributed by atoms with Gasteiger partial charge in [-0.15, -0.1) is 0 Å². The summed E-state index contributed by atoms with van der Waals surface area (Å²) < 4.78 is 19.3. The average Bonchev–Trinajstić information content (AvgIpc) is 3.14. The third-order valence-corrected chi connectivity index (χ3v) is 5.66. The Morgan fingerprint density at radius 1 is 0.968 bits per heavy atom. The quantitative estimate of drug-likeness (QED) is 0.432. The van der Waals surface area contributed by atoms with E-state index in [0.29, 0.717) is 24.0 Å². The van der Waals surface area contributed by atoms with Gasteiger partial charge in [0.25, 0.3) is 5.91 Å². The zero-order valence-electron chi connectivity index (χ0n) is 17.9. The van der Waals surface area contributed by atoms with Gasteiger partial charge in [-0.1, -0.05) is 30.3 Å². The Labute approximate surface area is 181 Å². The number of hydrogen-bond donors (Lipinski definition) is 2. The highest BCUT2D eigenvalue weighted by atomic mass is 19.1. The van der Waals surface area contributed by atoms with Gasteiger partial charge in [-0.05, 0) is 72.9 Å². The average molecular weight is 416 g/mol. The number of rotatable bonds is 6. The first kappa shape index (κ1) is 20.7. The Bertz CT molecular complexity index is 1230. The minimum absolute atomic E-state index is 0.123. The highest BCUT2D eigenvalue weighted by molar-refractivity contribution is 5.95. The van der Waals surface area contributed by atoms with Crippen molar-refractivity contribution in [1.29, 1.82) is 0 Å². The van der Waals surface area contributed by atoms with E-state index < -0.39 is 0 Å². The number of nitrogens with one attached hydrogen (secondary N) is 2. The first-order valence-electron chi connectivity index (χ1n) is 10.3. The number of hydrogen-bond acceptors (Lipinski definition) is 2. The highest BCUT2D eigenvalue weighted by Crippen LogP contribution is 2.28. The van der Waals surface area contributed by atoms with E-state index in [-0.39, 0.29) is 11.7 Å². The first-order chi connectivity index (χ1) is 15.0. The number of fused-ring (bicyclic) bond motifs is 1. The fourth-order valence-corrected chi connectivity index (χ4v) is 3.96. The van der Waals surface area contributed by atoms with Crippen molar-refractivity contribution < 1.29 is 13.9 Å². The van der Waals surface area contributed by atoms with Crippen molar-refractivity contribution in [1.82, 2.24) is 10.3 Å². The van der Waals surface area contributed by atoms with Gasteiger partial charge in [-0.2, -0.15) is 0 Å². The second-order valence-electron chi connectivity index (χ2n) is 7.65. The third kappa shape index (κ3) is 4.17. The Hall–Kier alpha value is -3.60. The molecular formula is C26H25FN2O2. The minimum Gasteiger partial charge on any atom is -0.497 e. The molecule has 0 aliphatic carbocycles. The third-order valence-electron chi connectivity index (χ3n) is 5.66. The van der Waals surface area contributed by atoms with Crippen LogP contribution in [0.4, 0.5) is 4.39 Å². The van der Waals surface area contributed by atoms with E-state index >= 15 is 0 Å². The molecule has 1 amide bonds. The number of carbonyl (C=O) groups is 1. The van der Waals surface area contributed by atoms with Gasteiger partial charge >= 0.3 is 0 Å². The molecule has 4 rings (SSSR count). The molecule has 0 spiro atoms. The van der Waals surface area contributed by atoms with Gasteiger partial charge in [0.05, 0.1) is 12.6 Å². The van der Waals surface area contributed by atoms with Gasteiger partial charge in [-0.25, -0.2) is 4.39 Å². The molecule has 0 unspecified atom stereocenters. The fraction of sp³-hybridized carbons (Fsp3) is 0.192. The summed E-state index contributed by atoms with van der Waals surface area (Å²) in [5.74, 6) is 0.431. The SMILES string of the molecule is COc1ccc(-c2ccc(C(=O)NCCc3c(C)[nH]c4c(F)ccc(C)c34)cc2)cc1. The van der Waals surface area contributed by atoms with Crippen LogP contribution in [0.5, 0.6) is 5.75 Å². The zero-order chi connectivity index (χ0) is 22.0. The van der Waals surface area contributed by atoms with E-state index in [1.165, 1.54) is 6.07 Å². The molecule has 158 valence electrons. The number of aromatic nitrogens is 1. The second kappa shape index (κ2) is 8.64. The summed E-state index contributed by atoms with van der Waals surface area (Å²) in [7, 11) is 1.64. The highest BCUT2D eigenvalue weighted by Gasteiger charge is 2.14. The van der Waals surface area contributed by atoms with Crippen LogP contribution in [0.15, 0.2) is 60.7 Å². The number of halogens is 1. The van der Waals surface area contributed by atoms with E-state index in [4.69, 9.17) is 4.74 Å². The van der Waals surface area contributed by atoms with Crippen LogP contribution in [0.3, 0.4) is 0 Å². The lowest BCUT2D eigenvalue weighted by Crippen LogP contribution is -2.25. The predicted molar refractivity (Wildman–Crippen MR) is 122 cm³/mol. The maximum atomic E-state index is 14.1. The largest absolute Gasteiger partial charge is 0.497 e. The number of aromatic amines is 1. The molecule has 5 heteroatoms. The summed E-state index contributed by atoms with van der Waals surface area (Å²) in [6.07, 6.45) is 0.631. The normalized spacial score (nSPS) is 11.0. The summed E-state index contributed by atoms with van der Waals surface area (Å²) in [5, 5.41) is 3.89. The maximum Gasteiger partial charge on any atom is 0.251 e. The summed E-state index contributed by atoms with van der Waals surface area (Å²) in [4.78, 5) is 15.7. The lowest BCUT2D eigenvalue weighted by molar-refractivity contribution is 0.0954. The van der Waals surface area contributed by atoms with Gasteiger partial charge in [0.2, 0.25) is 0 Å². The first-order valence-corrected chi connectivity index (χ1v) is 10.3. The molecular weight excluding hydrogens is 391 g/mol. The Morgan fingerprint density at radius 3 is 2.26 bits per heavy atom. The molecule has 31 heavy (non-hydrogen) atoms. The smallest absolute Gasteiger partial charge is 0.251 e. The van der Waals surface area contributed by atoms with Gasteiger partial charge < -0.3 is 15.0 Å². The predicted octanol–water partition coefficient (Wildman–Crippen LogP) is 5.57. The summed E-state index contributed by atoms with van der Waals surface area (Å²) in [6, 6.07) is 18.6. The minimum atomic E-state index is -0.254. The van der Waals surface area contributed by atoms with Gasteiger partial charge in [0.1, 0.15) is 11.6 Å². The molecule has 1 aromatic heterocycles. The fourth-order valence-electron chi connectivity index (χ4n) is 3.96. The van der Waals surface area contributed by atoms with Gasteiger partial charge in [0.15, 0.2) is 0 Å². The van der Waals surface area contributed by atoms with Crippen LogP contribution in [0, 0.1) is 19.7 Å². The molecule has 0 atom stereocenters. The van der Waals surface area contributed by atoms with Crippen LogP contribution < -0.4 is 10.1 Å². The van der Waals surface area contributed by atoms with Crippen molar-refractivity contribution in [2.45, 2.75) is 20.3 Å². The molecule has 0 fully saturated rings. The lowest BCUT2D eigenvalue weighted by atomic mass is 10.0. The Balaban J connectivity index is 1.42. The van der Waals surface area contributed by atoms with Crippen LogP contribution in [0.25, 0.3) is 22.0 Å². The van der Waals surface area contributed by atoms with Crippen molar-refractivity contribution >= 4 is 16.8 Å². The standard InChI is InChI=1S/C26H25FN2O2/c1-16-4-13-23(27)25-24(16)22(17(2)29-25)14-15-28-26(30)20-7-5-18(6-8-20)19-9-11-21(31-3)12-10-19/h4-13,29H,14-15H2,1-3H3,(H,28,30). The monoisotopic (exact) mass is 416 g/mol. The van der Waals surface area contributed by atoms with Crippen LogP contribution in [-0.2, 0) is 6.42 Å². The van der Waals surface area contributed by atoms with Crippen molar-refractivity contribution in [3.63, 3.8) is 0 Å². The van der Waals surface area contributed by atoms with Crippen molar-refractivity contribution in [3.8, 4) is 16.9 Å². The molecule has 0 saturated heterocycles. The van der Waals surface area contributed by atoms with Crippen molar-refractivity contribution in [3.05, 3.63) is 88.9 Å². The Kier molecular flexibility index (Phi) is 5.76. The second-order valence-corrected chi connectivity index (χ2v) is 7.65. The van der Waals surface area contributed by atoms with E-state index in [1.54, 1.807) is 13.2 Å². The molecule has 1 heterocycles. The van der Waals surface area contributed by atoms with Crippen LogP contribution in [0.2, 0.25) is 0 Å². The number of ether oxygens (including phenoxy) is 1. The number of aryl methyl sites for hydroxylation is 2. The molecule has 0 saturated carbocycles. The molecule has 4 nitrogen and oxygen atoms in total. The molecule has 0 bridgehead atoms. The Morgan fingerprint density at radius 2 is 1.61 bits per heavy atom. The van der Waals surface area contributed by atoms with Crippen LogP contribution >= 0.6 is 0 Å². The van der Waals surface area contributed by atoms with Gasteiger partial charge in [0, 0.05) is 23.2 Å².